The maximum Gasteiger partial charge on any atom is 0.264 e. The highest BCUT2D eigenvalue weighted by molar-refractivity contribution is 7.92. The van der Waals surface area contributed by atoms with Gasteiger partial charge in [0.25, 0.3) is 10.0 Å². The van der Waals surface area contributed by atoms with Crippen LogP contribution in [0, 0.1) is 0 Å². The third kappa shape index (κ3) is 5.29. The molecule has 0 saturated carbocycles. The van der Waals surface area contributed by atoms with Crippen molar-refractivity contribution >= 4 is 33.4 Å². The molecule has 0 fully saturated rings. The van der Waals surface area contributed by atoms with Gasteiger partial charge in [0.2, 0.25) is 5.95 Å². The van der Waals surface area contributed by atoms with Gasteiger partial charge in [-0.2, -0.15) is 4.98 Å². The Balaban J connectivity index is 1.56. The van der Waals surface area contributed by atoms with Crippen molar-refractivity contribution in [3.8, 4) is 17.0 Å². The molecule has 1 aliphatic heterocycles. The number of halogens is 1. The molecule has 9 heteroatoms. The molecule has 0 atom stereocenters. The number of nitrogens with zero attached hydrogens (tertiary/aromatic N) is 3. The highest BCUT2D eigenvalue weighted by atomic mass is 35.5. The van der Waals surface area contributed by atoms with Crippen LogP contribution >= 0.6 is 11.6 Å². The van der Waals surface area contributed by atoms with E-state index in [2.05, 4.69) is 37.8 Å². The average Bonchev–Trinajstić information content (AvgIpc) is 3.11. The number of rotatable bonds is 6. The lowest BCUT2D eigenvalue weighted by Gasteiger charge is -2.23. The molecule has 184 valence electrons. The zero-order valence-corrected chi connectivity index (χ0v) is 21.3. The second kappa shape index (κ2) is 10.2. The standard InChI is InChI=1S/C27H25ClN4O3S/c1-35-23-10-4-8-20(16-23)25-17-26(32-15-5-9-19-6-2-3-7-21(19)18-32)30-27(29-25)31-36(33,34)24-13-11-22(28)12-14-24/h2-4,6-8,10-14,16-17H,5,9,15,18H2,1H3,(H,29,30,31). The van der Waals surface area contributed by atoms with E-state index in [0.29, 0.717) is 28.8 Å². The van der Waals surface area contributed by atoms with Crippen LogP contribution in [0.2, 0.25) is 5.02 Å². The second-order valence-corrected chi connectivity index (χ2v) is 10.6. The number of nitrogens with one attached hydrogen (secondary N) is 1. The number of aromatic nitrogens is 2. The first-order valence-corrected chi connectivity index (χ1v) is 13.4. The molecule has 0 radical (unpaired) electrons. The predicted octanol–water partition coefficient (Wildman–Crippen LogP) is 5.56. The Bertz CT molecular complexity index is 1490. The van der Waals surface area contributed by atoms with Crippen molar-refractivity contribution in [3.05, 3.63) is 95.0 Å². The highest BCUT2D eigenvalue weighted by Crippen LogP contribution is 2.29. The van der Waals surface area contributed by atoms with Crippen LogP contribution in [-0.2, 0) is 23.0 Å². The highest BCUT2D eigenvalue weighted by Gasteiger charge is 2.21. The molecular weight excluding hydrogens is 496 g/mol. The van der Waals surface area contributed by atoms with Crippen molar-refractivity contribution in [1.82, 2.24) is 9.97 Å². The number of aryl methyl sites for hydroxylation is 1. The molecule has 1 aliphatic rings. The molecule has 0 bridgehead atoms. The first-order chi connectivity index (χ1) is 17.4. The number of sulfonamides is 1. The first-order valence-electron chi connectivity index (χ1n) is 11.5. The van der Waals surface area contributed by atoms with Crippen LogP contribution in [0.3, 0.4) is 0 Å². The van der Waals surface area contributed by atoms with Gasteiger partial charge in [0, 0.05) is 29.7 Å². The largest absolute Gasteiger partial charge is 0.497 e. The molecule has 4 aromatic rings. The minimum absolute atomic E-state index is 0.00204. The molecule has 2 heterocycles. The minimum atomic E-state index is -3.92. The minimum Gasteiger partial charge on any atom is -0.497 e. The number of hydrogen-bond acceptors (Lipinski definition) is 6. The second-order valence-electron chi connectivity index (χ2n) is 8.52. The lowest BCUT2D eigenvalue weighted by Crippen LogP contribution is -2.25. The van der Waals surface area contributed by atoms with Crippen LogP contribution in [0.25, 0.3) is 11.3 Å². The first kappa shape index (κ1) is 24.1. The van der Waals surface area contributed by atoms with Gasteiger partial charge in [-0.05, 0) is 60.4 Å². The fraction of sp³-hybridized carbons (Fsp3) is 0.185. The van der Waals surface area contributed by atoms with Crippen molar-refractivity contribution in [2.24, 2.45) is 0 Å². The van der Waals surface area contributed by atoms with Gasteiger partial charge in [0.15, 0.2) is 0 Å². The lowest BCUT2D eigenvalue weighted by atomic mass is 10.0. The van der Waals surface area contributed by atoms with Crippen LogP contribution in [0.4, 0.5) is 11.8 Å². The summed E-state index contributed by atoms with van der Waals surface area (Å²) in [5.41, 5.74) is 3.94. The Morgan fingerprint density at radius 2 is 1.72 bits per heavy atom. The van der Waals surface area contributed by atoms with Gasteiger partial charge < -0.3 is 9.64 Å². The van der Waals surface area contributed by atoms with E-state index in [1.54, 1.807) is 7.11 Å². The molecule has 0 saturated heterocycles. The maximum atomic E-state index is 13.1. The van der Waals surface area contributed by atoms with Crippen LogP contribution < -0.4 is 14.4 Å². The summed E-state index contributed by atoms with van der Waals surface area (Å²) in [6.07, 6.45) is 1.94. The summed E-state index contributed by atoms with van der Waals surface area (Å²) in [5.74, 6) is 1.32. The van der Waals surface area contributed by atoms with Gasteiger partial charge >= 0.3 is 0 Å². The summed E-state index contributed by atoms with van der Waals surface area (Å²) in [5, 5.41) is 0.453. The van der Waals surface area contributed by atoms with Crippen LogP contribution in [0.15, 0.2) is 83.8 Å². The molecule has 1 N–H and O–H groups in total. The quantitative estimate of drug-likeness (QED) is 0.358. The fourth-order valence-corrected chi connectivity index (χ4v) is 5.33. The topological polar surface area (TPSA) is 84.4 Å². The van der Waals surface area contributed by atoms with Gasteiger partial charge in [-0.1, -0.05) is 48.0 Å². The molecular formula is C27H25ClN4O3S. The van der Waals surface area contributed by atoms with Crippen LogP contribution in [0.5, 0.6) is 5.75 Å². The predicted molar refractivity (Wildman–Crippen MR) is 142 cm³/mol. The molecule has 5 rings (SSSR count). The molecule has 0 unspecified atom stereocenters. The number of fused-ring (bicyclic) bond motifs is 1. The SMILES string of the molecule is COc1cccc(-c2cc(N3CCCc4ccccc4C3)nc(NS(=O)(=O)c3ccc(Cl)cc3)n2)c1. The monoisotopic (exact) mass is 520 g/mol. The molecule has 0 aliphatic carbocycles. The Morgan fingerprint density at radius 3 is 2.50 bits per heavy atom. The number of ether oxygens (including phenoxy) is 1. The van der Waals surface area contributed by atoms with Crippen molar-refractivity contribution in [2.45, 2.75) is 24.3 Å². The average molecular weight is 521 g/mol. The van der Waals surface area contributed by atoms with Gasteiger partial charge in [0.05, 0.1) is 17.7 Å². The van der Waals surface area contributed by atoms with E-state index in [-0.39, 0.29) is 10.8 Å². The lowest BCUT2D eigenvalue weighted by molar-refractivity contribution is 0.415. The summed E-state index contributed by atoms with van der Waals surface area (Å²) in [6.45, 7) is 1.46. The summed E-state index contributed by atoms with van der Waals surface area (Å²) in [7, 11) is -2.32. The fourth-order valence-electron chi connectivity index (χ4n) is 4.26. The zero-order valence-electron chi connectivity index (χ0n) is 19.7. The summed E-state index contributed by atoms with van der Waals surface area (Å²) in [6, 6.07) is 23.7. The Kier molecular flexibility index (Phi) is 6.80. The zero-order chi connectivity index (χ0) is 25.1. The van der Waals surface area contributed by atoms with E-state index in [9.17, 15) is 8.42 Å². The van der Waals surface area contributed by atoms with E-state index >= 15 is 0 Å². The molecule has 0 spiro atoms. The van der Waals surface area contributed by atoms with E-state index in [1.165, 1.54) is 35.4 Å². The van der Waals surface area contributed by atoms with Gasteiger partial charge in [-0.15, -0.1) is 0 Å². The van der Waals surface area contributed by atoms with Crippen LogP contribution in [-0.4, -0.2) is 32.0 Å². The van der Waals surface area contributed by atoms with Crippen LogP contribution in [0.1, 0.15) is 17.5 Å². The van der Waals surface area contributed by atoms with Gasteiger partial charge in [0.1, 0.15) is 11.6 Å². The number of benzene rings is 3. The number of anilines is 2. The smallest absolute Gasteiger partial charge is 0.264 e. The van der Waals surface area contributed by atoms with E-state index < -0.39 is 10.0 Å². The van der Waals surface area contributed by atoms with Crippen molar-refractivity contribution in [2.75, 3.05) is 23.3 Å². The van der Waals surface area contributed by atoms with E-state index in [4.69, 9.17) is 16.3 Å². The molecule has 3 aromatic carbocycles. The van der Waals surface area contributed by atoms with Crippen molar-refractivity contribution < 1.29 is 13.2 Å². The van der Waals surface area contributed by atoms with Crippen molar-refractivity contribution in [1.29, 1.82) is 0 Å². The van der Waals surface area contributed by atoms with Gasteiger partial charge in [-0.25, -0.2) is 18.1 Å². The summed E-state index contributed by atoms with van der Waals surface area (Å²) < 4.78 is 34.1. The molecule has 0 amide bonds. The summed E-state index contributed by atoms with van der Waals surface area (Å²) in [4.78, 5) is 11.4. The molecule has 36 heavy (non-hydrogen) atoms. The van der Waals surface area contributed by atoms with E-state index in [1.807, 2.05) is 36.4 Å². The van der Waals surface area contributed by atoms with Gasteiger partial charge in [-0.3, -0.25) is 0 Å². The van der Waals surface area contributed by atoms with Crippen molar-refractivity contribution in [3.63, 3.8) is 0 Å². The third-order valence-electron chi connectivity index (χ3n) is 6.11. The Morgan fingerprint density at radius 1 is 0.944 bits per heavy atom. The summed E-state index contributed by atoms with van der Waals surface area (Å²) >= 11 is 5.94. The van der Waals surface area contributed by atoms with E-state index in [0.717, 1.165) is 24.9 Å². The Labute approximate surface area is 215 Å². The number of methoxy groups -OCH3 is 1. The maximum absolute atomic E-state index is 13.1. The third-order valence-corrected chi connectivity index (χ3v) is 7.70. The molecule has 7 nitrogen and oxygen atoms in total. The Hall–Kier alpha value is -3.62. The molecule has 1 aromatic heterocycles. The number of hydrogen-bond donors (Lipinski definition) is 1. The normalized spacial score (nSPS) is 13.6.